The topological polar surface area (TPSA) is 44.2 Å². The van der Waals surface area contributed by atoms with E-state index < -0.39 is 6.29 Å². The lowest BCUT2D eigenvalue weighted by Crippen LogP contribution is -2.07. The lowest BCUT2D eigenvalue weighted by molar-refractivity contribution is -0.108. The molecule has 5 heteroatoms. The van der Waals surface area contributed by atoms with Gasteiger partial charge in [0, 0.05) is 31.4 Å². The summed E-state index contributed by atoms with van der Waals surface area (Å²) < 4.78 is 10.4. The van der Waals surface area contributed by atoms with Crippen LogP contribution in [0.2, 0.25) is 0 Å². The number of aryl methyl sites for hydroxylation is 1. The third kappa shape index (κ3) is 2.52. The van der Waals surface area contributed by atoms with Crippen molar-refractivity contribution in [3.63, 3.8) is 0 Å². The summed E-state index contributed by atoms with van der Waals surface area (Å²) in [6, 6.07) is 1.79. The van der Waals surface area contributed by atoms with E-state index in [0.717, 1.165) is 11.3 Å². The molecule has 90 valence electrons. The Hall–Kier alpha value is -1.30. The first-order valence-corrected chi connectivity index (χ1v) is 6.12. The standard InChI is InChI=1S/C12H14N2O2S/c1-8-6-17-7-9(8)11-13-5-4-10(14-11)12(15-2)16-3/h4-7,12H,1-3H3. The molecule has 0 bridgehead atoms. The molecule has 0 saturated heterocycles. The van der Waals surface area contributed by atoms with E-state index in [1.54, 1.807) is 37.8 Å². The number of hydrogen-bond donors (Lipinski definition) is 0. The van der Waals surface area contributed by atoms with Gasteiger partial charge in [0.05, 0.1) is 0 Å². The number of aromatic nitrogens is 2. The third-order valence-electron chi connectivity index (χ3n) is 2.44. The predicted molar refractivity (Wildman–Crippen MR) is 66.8 cm³/mol. The highest BCUT2D eigenvalue weighted by molar-refractivity contribution is 7.08. The van der Waals surface area contributed by atoms with Crippen LogP contribution in [-0.4, -0.2) is 24.2 Å². The Morgan fingerprint density at radius 2 is 2.00 bits per heavy atom. The van der Waals surface area contributed by atoms with Crippen LogP contribution in [0.3, 0.4) is 0 Å². The normalized spacial score (nSPS) is 11.1. The van der Waals surface area contributed by atoms with E-state index in [9.17, 15) is 0 Å². The average molecular weight is 250 g/mol. The Bertz CT molecular complexity index is 495. The average Bonchev–Trinajstić information content (AvgIpc) is 2.77. The summed E-state index contributed by atoms with van der Waals surface area (Å²) in [7, 11) is 3.18. The van der Waals surface area contributed by atoms with Gasteiger partial charge >= 0.3 is 0 Å². The first-order valence-electron chi connectivity index (χ1n) is 5.18. The third-order valence-corrected chi connectivity index (χ3v) is 3.30. The Kier molecular flexibility index (Phi) is 3.83. The summed E-state index contributed by atoms with van der Waals surface area (Å²) in [5.41, 5.74) is 2.96. The van der Waals surface area contributed by atoms with Crippen LogP contribution in [0.5, 0.6) is 0 Å². The maximum Gasteiger partial charge on any atom is 0.200 e. The number of ether oxygens (including phenoxy) is 2. The van der Waals surface area contributed by atoms with E-state index in [4.69, 9.17) is 9.47 Å². The van der Waals surface area contributed by atoms with Crippen molar-refractivity contribution in [3.05, 3.63) is 34.3 Å². The van der Waals surface area contributed by atoms with Crippen molar-refractivity contribution in [2.24, 2.45) is 0 Å². The minimum atomic E-state index is -0.448. The van der Waals surface area contributed by atoms with Crippen LogP contribution in [0.25, 0.3) is 11.4 Å². The molecule has 2 rings (SSSR count). The highest BCUT2D eigenvalue weighted by Gasteiger charge is 2.13. The van der Waals surface area contributed by atoms with E-state index >= 15 is 0 Å². The van der Waals surface area contributed by atoms with Gasteiger partial charge in [-0.05, 0) is 23.9 Å². The van der Waals surface area contributed by atoms with E-state index in [-0.39, 0.29) is 0 Å². The molecule has 2 heterocycles. The molecule has 2 aromatic heterocycles. The van der Waals surface area contributed by atoms with Gasteiger partial charge in [-0.2, -0.15) is 11.3 Å². The smallest absolute Gasteiger partial charge is 0.200 e. The lowest BCUT2D eigenvalue weighted by atomic mass is 10.2. The van der Waals surface area contributed by atoms with Crippen molar-refractivity contribution < 1.29 is 9.47 Å². The van der Waals surface area contributed by atoms with Gasteiger partial charge in [0.25, 0.3) is 0 Å². The Morgan fingerprint density at radius 3 is 2.59 bits per heavy atom. The van der Waals surface area contributed by atoms with Crippen LogP contribution >= 0.6 is 11.3 Å². The zero-order valence-electron chi connectivity index (χ0n) is 10.0. The van der Waals surface area contributed by atoms with Gasteiger partial charge in [0.1, 0.15) is 5.69 Å². The van der Waals surface area contributed by atoms with Crippen molar-refractivity contribution in [1.29, 1.82) is 0 Å². The van der Waals surface area contributed by atoms with Crippen LogP contribution in [0.1, 0.15) is 17.5 Å². The van der Waals surface area contributed by atoms with Crippen LogP contribution in [0.4, 0.5) is 0 Å². The van der Waals surface area contributed by atoms with Crippen LogP contribution in [-0.2, 0) is 9.47 Å². The van der Waals surface area contributed by atoms with Crippen molar-refractivity contribution >= 4 is 11.3 Å². The highest BCUT2D eigenvalue weighted by Crippen LogP contribution is 2.25. The maximum absolute atomic E-state index is 5.18. The second-order valence-corrected chi connectivity index (χ2v) is 4.32. The molecule has 0 fully saturated rings. The SMILES string of the molecule is COC(OC)c1ccnc(-c2cscc2C)n1. The first-order chi connectivity index (χ1) is 8.26. The molecule has 0 aromatic carbocycles. The largest absolute Gasteiger partial charge is 0.350 e. The molecule has 0 unspecified atom stereocenters. The minimum absolute atomic E-state index is 0.448. The van der Waals surface area contributed by atoms with Crippen molar-refractivity contribution in [3.8, 4) is 11.4 Å². The van der Waals surface area contributed by atoms with Crippen LogP contribution in [0, 0.1) is 6.92 Å². The minimum Gasteiger partial charge on any atom is -0.350 e. The van der Waals surface area contributed by atoms with Gasteiger partial charge in [-0.15, -0.1) is 0 Å². The summed E-state index contributed by atoms with van der Waals surface area (Å²) in [5, 5.41) is 4.12. The molecule has 0 saturated carbocycles. The van der Waals surface area contributed by atoms with E-state index in [2.05, 4.69) is 15.3 Å². The van der Waals surface area contributed by atoms with Crippen molar-refractivity contribution in [1.82, 2.24) is 9.97 Å². The summed E-state index contributed by atoms with van der Waals surface area (Å²) in [6.45, 7) is 2.05. The lowest BCUT2D eigenvalue weighted by Gasteiger charge is -2.12. The summed E-state index contributed by atoms with van der Waals surface area (Å²) >= 11 is 1.64. The molecule has 0 atom stereocenters. The van der Waals surface area contributed by atoms with Crippen molar-refractivity contribution in [2.75, 3.05) is 14.2 Å². The Labute approximate surface area is 104 Å². The predicted octanol–water partition coefficient (Wildman–Crippen LogP) is 2.80. The summed E-state index contributed by atoms with van der Waals surface area (Å²) in [6.07, 6.45) is 1.27. The zero-order valence-corrected chi connectivity index (χ0v) is 10.8. The van der Waals surface area contributed by atoms with Crippen LogP contribution in [0.15, 0.2) is 23.0 Å². The molecule has 0 aliphatic carbocycles. The van der Waals surface area contributed by atoms with Crippen LogP contribution < -0.4 is 0 Å². The molecule has 17 heavy (non-hydrogen) atoms. The number of methoxy groups -OCH3 is 2. The molecule has 0 radical (unpaired) electrons. The van der Waals surface area contributed by atoms with E-state index in [0.29, 0.717) is 5.82 Å². The molecular weight excluding hydrogens is 236 g/mol. The van der Waals surface area contributed by atoms with Crippen molar-refractivity contribution in [2.45, 2.75) is 13.2 Å². The molecule has 2 aromatic rings. The number of nitrogens with zero attached hydrogens (tertiary/aromatic N) is 2. The molecule has 0 aliphatic heterocycles. The fraction of sp³-hybridized carbons (Fsp3) is 0.333. The number of rotatable bonds is 4. The molecule has 0 aliphatic rings. The first kappa shape index (κ1) is 12.2. The van der Waals surface area contributed by atoms with Gasteiger partial charge in [-0.1, -0.05) is 0 Å². The quantitative estimate of drug-likeness (QED) is 0.783. The van der Waals surface area contributed by atoms with Gasteiger partial charge in [0.15, 0.2) is 5.82 Å². The molecule has 0 amide bonds. The van der Waals surface area contributed by atoms with E-state index in [1.807, 2.05) is 12.3 Å². The zero-order chi connectivity index (χ0) is 12.3. The molecule has 0 spiro atoms. The number of hydrogen-bond acceptors (Lipinski definition) is 5. The van der Waals surface area contributed by atoms with Gasteiger partial charge < -0.3 is 9.47 Å². The van der Waals surface area contributed by atoms with Gasteiger partial charge in [-0.25, -0.2) is 9.97 Å². The monoisotopic (exact) mass is 250 g/mol. The second-order valence-electron chi connectivity index (χ2n) is 3.58. The second kappa shape index (κ2) is 5.35. The summed E-state index contributed by atoms with van der Waals surface area (Å²) in [5.74, 6) is 0.709. The fourth-order valence-corrected chi connectivity index (χ4v) is 2.39. The van der Waals surface area contributed by atoms with Gasteiger partial charge in [0.2, 0.25) is 6.29 Å². The molecule has 0 N–H and O–H groups in total. The fourth-order valence-electron chi connectivity index (χ4n) is 1.56. The highest BCUT2D eigenvalue weighted by atomic mass is 32.1. The molecular formula is C12H14N2O2S. The van der Waals surface area contributed by atoms with Gasteiger partial charge in [-0.3, -0.25) is 0 Å². The Morgan fingerprint density at radius 1 is 1.24 bits per heavy atom. The molecule has 4 nitrogen and oxygen atoms in total. The Balaban J connectivity index is 2.38. The summed E-state index contributed by atoms with van der Waals surface area (Å²) in [4.78, 5) is 8.74. The van der Waals surface area contributed by atoms with E-state index in [1.165, 1.54) is 5.56 Å². The number of thiophene rings is 1. The maximum atomic E-state index is 5.18.